The molecule has 0 fully saturated rings. The number of hydrogen-bond donors (Lipinski definition) is 0. The Morgan fingerprint density at radius 3 is 1.94 bits per heavy atom. The van der Waals surface area contributed by atoms with Gasteiger partial charge in [0.2, 0.25) is 0 Å². The molecule has 0 N–H and O–H groups in total. The summed E-state index contributed by atoms with van der Waals surface area (Å²) >= 11 is 0. The van der Waals surface area contributed by atoms with E-state index in [0.717, 1.165) is 11.1 Å². The minimum atomic E-state index is 0.446. The maximum Gasteiger partial charge on any atom is 0.298 e. The molecule has 2 nitrogen and oxygen atoms in total. The highest BCUT2D eigenvalue weighted by molar-refractivity contribution is 5.48. The molecule has 0 aromatic heterocycles. The summed E-state index contributed by atoms with van der Waals surface area (Å²) in [6.07, 6.45) is 0. The van der Waals surface area contributed by atoms with E-state index in [0.29, 0.717) is 12.2 Å². The lowest BCUT2D eigenvalue weighted by Gasteiger charge is -2.02. The second kappa shape index (κ2) is 7.23. The van der Waals surface area contributed by atoms with E-state index in [1.807, 2.05) is 68.4 Å². The first-order chi connectivity index (χ1) is 8.24. The second-order valence-corrected chi connectivity index (χ2v) is 3.64. The highest BCUT2D eigenvalue weighted by Gasteiger charge is 1.97. The fourth-order valence-electron chi connectivity index (χ4n) is 1.27. The number of rotatable bonds is 2. The van der Waals surface area contributed by atoms with E-state index >= 15 is 0 Å². The van der Waals surface area contributed by atoms with Crippen molar-refractivity contribution in [1.82, 2.24) is 0 Å². The van der Waals surface area contributed by atoms with Gasteiger partial charge >= 0.3 is 0 Å². The molecule has 2 heteroatoms. The van der Waals surface area contributed by atoms with Crippen LogP contribution in [0, 0.1) is 13.8 Å². The predicted octanol–water partition coefficient (Wildman–Crippen LogP) is 3.53. The van der Waals surface area contributed by atoms with Crippen LogP contribution in [0.1, 0.15) is 11.1 Å². The van der Waals surface area contributed by atoms with E-state index in [2.05, 4.69) is 0 Å². The zero-order valence-corrected chi connectivity index (χ0v) is 10.1. The Labute approximate surface area is 102 Å². The van der Waals surface area contributed by atoms with Crippen LogP contribution < -0.4 is 4.74 Å². The van der Waals surface area contributed by atoms with Crippen LogP contribution in [0.5, 0.6) is 5.75 Å². The van der Waals surface area contributed by atoms with Gasteiger partial charge in [-0.05, 0) is 31.0 Å². The maximum absolute atomic E-state index is 10.0. The summed E-state index contributed by atoms with van der Waals surface area (Å²) in [5.74, 6) is 0.639. The van der Waals surface area contributed by atoms with E-state index in [9.17, 15) is 4.79 Å². The lowest BCUT2D eigenvalue weighted by atomic mass is 10.1. The van der Waals surface area contributed by atoms with Crippen LogP contribution in [0.15, 0.2) is 54.6 Å². The molecule has 17 heavy (non-hydrogen) atoms. The van der Waals surface area contributed by atoms with Crippen LogP contribution in [0.25, 0.3) is 0 Å². The SMILES string of the molecule is Cc1ccc(C)c(OC=O)c1.c1ccccc1. The molecule has 0 saturated heterocycles. The molecule has 0 spiro atoms. The van der Waals surface area contributed by atoms with Gasteiger partial charge in [-0.25, -0.2) is 0 Å². The zero-order chi connectivity index (χ0) is 12.5. The molecular weight excluding hydrogens is 212 g/mol. The molecule has 0 unspecified atom stereocenters. The summed E-state index contributed by atoms with van der Waals surface area (Å²) < 4.78 is 4.74. The highest BCUT2D eigenvalue weighted by atomic mass is 16.5. The third-order valence-corrected chi connectivity index (χ3v) is 2.19. The number of hydrogen-bond acceptors (Lipinski definition) is 2. The summed E-state index contributed by atoms with van der Waals surface area (Å²) in [7, 11) is 0. The Morgan fingerprint density at radius 2 is 1.47 bits per heavy atom. The standard InChI is InChI=1S/C9H10O2.C6H6/c1-7-3-4-8(2)9(5-7)11-6-10;1-2-4-6-5-3-1/h3-6H,1-2H3;1-6H. The number of ether oxygens (including phenoxy) is 1. The lowest BCUT2D eigenvalue weighted by Crippen LogP contribution is -1.91. The Balaban J connectivity index is 0.000000202. The fraction of sp³-hybridized carbons (Fsp3) is 0.133. The van der Waals surface area contributed by atoms with Crippen molar-refractivity contribution in [2.45, 2.75) is 13.8 Å². The van der Waals surface area contributed by atoms with Gasteiger partial charge in [0.25, 0.3) is 6.47 Å². The van der Waals surface area contributed by atoms with E-state index in [-0.39, 0.29) is 0 Å². The molecule has 0 aliphatic rings. The molecule has 0 radical (unpaired) electrons. The summed E-state index contributed by atoms with van der Waals surface area (Å²) in [6.45, 7) is 4.30. The summed E-state index contributed by atoms with van der Waals surface area (Å²) in [4.78, 5) is 10.0. The van der Waals surface area contributed by atoms with Crippen molar-refractivity contribution in [1.29, 1.82) is 0 Å². The van der Waals surface area contributed by atoms with Crippen molar-refractivity contribution in [2.24, 2.45) is 0 Å². The van der Waals surface area contributed by atoms with Gasteiger partial charge in [-0.15, -0.1) is 0 Å². The normalized spacial score (nSPS) is 8.82. The second-order valence-electron chi connectivity index (χ2n) is 3.64. The minimum absolute atomic E-state index is 0.446. The summed E-state index contributed by atoms with van der Waals surface area (Å²) in [5.41, 5.74) is 2.06. The van der Waals surface area contributed by atoms with Gasteiger partial charge in [-0.3, -0.25) is 4.79 Å². The number of carbonyl (C=O) groups is 1. The molecule has 2 aromatic carbocycles. The van der Waals surface area contributed by atoms with Crippen LogP contribution >= 0.6 is 0 Å². The predicted molar refractivity (Wildman–Crippen MR) is 69.1 cm³/mol. The smallest absolute Gasteiger partial charge is 0.298 e. The molecule has 0 saturated carbocycles. The number of aryl methyl sites for hydroxylation is 2. The molecule has 0 aliphatic heterocycles. The molecule has 2 aromatic rings. The molecule has 0 atom stereocenters. The van der Waals surface area contributed by atoms with Gasteiger partial charge < -0.3 is 4.74 Å². The summed E-state index contributed by atoms with van der Waals surface area (Å²) in [6, 6.07) is 17.7. The first kappa shape index (κ1) is 13.0. The van der Waals surface area contributed by atoms with Gasteiger partial charge in [0.05, 0.1) is 0 Å². The Bertz CT molecular complexity index is 423. The van der Waals surface area contributed by atoms with Crippen LogP contribution in [0.4, 0.5) is 0 Å². The topological polar surface area (TPSA) is 26.3 Å². The number of carbonyl (C=O) groups excluding carboxylic acids is 1. The third kappa shape index (κ3) is 4.98. The zero-order valence-electron chi connectivity index (χ0n) is 10.1. The highest BCUT2D eigenvalue weighted by Crippen LogP contribution is 2.17. The van der Waals surface area contributed by atoms with Gasteiger partial charge in [0, 0.05) is 0 Å². The van der Waals surface area contributed by atoms with Crippen molar-refractivity contribution >= 4 is 6.47 Å². The Morgan fingerprint density at radius 1 is 0.941 bits per heavy atom. The van der Waals surface area contributed by atoms with Gasteiger partial charge in [0.15, 0.2) is 0 Å². The lowest BCUT2D eigenvalue weighted by molar-refractivity contribution is -0.120. The van der Waals surface area contributed by atoms with Crippen molar-refractivity contribution in [2.75, 3.05) is 0 Å². The summed E-state index contributed by atoms with van der Waals surface area (Å²) in [5, 5.41) is 0. The quantitative estimate of drug-likeness (QED) is 0.735. The average Bonchev–Trinajstić information content (AvgIpc) is 2.37. The van der Waals surface area contributed by atoms with Crippen molar-refractivity contribution in [3.05, 3.63) is 65.7 Å². The van der Waals surface area contributed by atoms with Crippen molar-refractivity contribution in [3.8, 4) is 5.75 Å². The average molecular weight is 228 g/mol. The monoisotopic (exact) mass is 228 g/mol. The van der Waals surface area contributed by atoms with Gasteiger partial charge in [0.1, 0.15) is 5.75 Å². The molecular formula is C15H16O2. The first-order valence-corrected chi connectivity index (χ1v) is 5.41. The molecule has 0 heterocycles. The van der Waals surface area contributed by atoms with Crippen LogP contribution in [0.2, 0.25) is 0 Å². The Kier molecular flexibility index (Phi) is 5.52. The van der Waals surface area contributed by atoms with Crippen LogP contribution in [0.3, 0.4) is 0 Å². The molecule has 0 aliphatic carbocycles. The van der Waals surface area contributed by atoms with E-state index < -0.39 is 0 Å². The third-order valence-electron chi connectivity index (χ3n) is 2.19. The molecule has 0 bridgehead atoms. The van der Waals surface area contributed by atoms with Crippen LogP contribution in [-0.4, -0.2) is 6.47 Å². The van der Waals surface area contributed by atoms with Gasteiger partial charge in [-0.1, -0.05) is 48.5 Å². The minimum Gasteiger partial charge on any atom is -0.428 e. The molecule has 2 rings (SSSR count). The largest absolute Gasteiger partial charge is 0.428 e. The van der Waals surface area contributed by atoms with E-state index in [4.69, 9.17) is 4.74 Å². The molecule has 0 amide bonds. The van der Waals surface area contributed by atoms with E-state index in [1.54, 1.807) is 0 Å². The van der Waals surface area contributed by atoms with E-state index in [1.165, 1.54) is 0 Å². The molecule has 88 valence electrons. The van der Waals surface area contributed by atoms with Crippen molar-refractivity contribution in [3.63, 3.8) is 0 Å². The van der Waals surface area contributed by atoms with Crippen molar-refractivity contribution < 1.29 is 9.53 Å². The van der Waals surface area contributed by atoms with Gasteiger partial charge in [-0.2, -0.15) is 0 Å². The van der Waals surface area contributed by atoms with Crippen LogP contribution in [-0.2, 0) is 4.79 Å². The maximum atomic E-state index is 10.0. The number of benzene rings is 2. The first-order valence-electron chi connectivity index (χ1n) is 5.41. The fourth-order valence-corrected chi connectivity index (χ4v) is 1.27. The Hall–Kier alpha value is -2.09.